The lowest BCUT2D eigenvalue weighted by molar-refractivity contribution is 0.0625. The van der Waals surface area contributed by atoms with Crippen LogP contribution in [0.4, 0.5) is 8.78 Å². The fraction of sp³-hybridized carbons (Fsp3) is 0.462. The number of alkyl halides is 2. The molecule has 0 saturated heterocycles. The molecule has 0 aliphatic carbocycles. The molecule has 1 atom stereocenters. The number of halogens is 2. The number of hydrogen-bond acceptors (Lipinski definition) is 3. The third-order valence-corrected chi connectivity index (χ3v) is 2.89. The fourth-order valence-electron chi connectivity index (χ4n) is 1.92. The lowest BCUT2D eigenvalue weighted by Crippen LogP contribution is -2.32. The van der Waals surface area contributed by atoms with Crippen LogP contribution in [0.15, 0.2) is 18.2 Å². The van der Waals surface area contributed by atoms with Crippen molar-refractivity contribution in [2.45, 2.75) is 26.1 Å². The Labute approximate surface area is 110 Å². The topological polar surface area (TPSA) is 30.3 Å². The zero-order chi connectivity index (χ0) is 14.0. The van der Waals surface area contributed by atoms with E-state index in [1.807, 2.05) is 25.9 Å². The third-order valence-electron chi connectivity index (χ3n) is 2.89. The van der Waals surface area contributed by atoms with Gasteiger partial charge < -0.3 is 4.74 Å². The summed E-state index contributed by atoms with van der Waals surface area (Å²) in [5.41, 5.74) is 0.726. The van der Waals surface area contributed by atoms with Crippen LogP contribution in [0, 0.1) is 6.33 Å². The van der Waals surface area contributed by atoms with Crippen LogP contribution in [0.25, 0.3) is 11.0 Å². The van der Waals surface area contributed by atoms with Gasteiger partial charge in [-0.1, -0.05) is 13.0 Å². The molecule has 1 unspecified atom stereocenters. The minimum absolute atomic E-state index is 0.123. The van der Waals surface area contributed by atoms with Crippen molar-refractivity contribution in [1.29, 1.82) is 0 Å². The Hall–Kier alpha value is -1.69. The average Bonchev–Trinajstić information content (AvgIpc) is 2.80. The van der Waals surface area contributed by atoms with Gasteiger partial charge in [-0.25, -0.2) is 4.98 Å². The fourth-order valence-corrected chi connectivity index (χ4v) is 1.92. The number of fused-ring (bicyclic) bond motifs is 1. The van der Waals surface area contributed by atoms with Crippen molar-refractivity contribution in [3.05, 3.63) is 24.5 Å². The highest BCUT2D eigenvalue weighted by atomic mass is 19.3. The Morgan fingerprint density at radius 3 is 2.74 bits per heavy atom. The summed E-state index contributed by atoms with van der Waals surface area (Å²) in [6.07, 6.45) is 2.95. The van der Waals surface area contributed by atoms with Crippen LogP contribution in [-0.4, -0.2) is 34.8 Å². The molecule has 1 radical (unpaired) electrons. The van der Waals surface area contributed by atoms with Crippen LogP contribution in [0.5, 0.6) is 5.75 Å². The molecule has 0 spiro atoms. The first kappa shape index (κ1) is 13.7. The maximum absolute atomic E-state index is 12.8. The minimum atomic E-state index is -2.66. The SMILES string of the molecule is CCC(Oc1cccc2c1n[c]n2C(F)F)N(C)C. The van der Waals surface area contributed by atoms with Gasteiger partial charge in [0, 0.05) is 0 Å². The highest BCUT2D eigenvalue weighted by molar-refractivity contribution is 5.81. The Bertz CT molecular complexity index is 554. The number of benzene rings is 1. The number of rotatable bonds is 5. The van der Waals surface area contributed by atoms with Crippen LogP contribution in [-0.2, 0) is 0 Å². The quantitative estimate of drug-likeness (QED) is 0.781. The van der Waals surface area contributed by atoms with Crippen LogP contribution in [0.2, 0.25) is 0 Å². The second-order valence-electron chi connectivity index (χ2n) is 4.43. The van der Waals surface area contributed by atoms with E-state index in [0.717, 1.165) is 6.42 Å². The van der Waals surface area contributed by atoms with Gasteiger partial charge in [0.2, 0.25) is 0 Å². The predicted octanol–water partition coefficient (Wildman–Crippen LogP) is 2.91. The van der Waals surface area contributed by atoms with Crippen molar-refractivity contribution in [2.75, 3.05) is 14.1 Å². The summed E-state index contributed by atoms with van der Waals surface area (Å²) < 4.78 is 32.0. The Balaban J connectivity index is 2.39. The second kappa shape index (κ2) is 5.52. The van der Waals surface area contributed by atoms with Crippen LogP contribution in [0.3, 0.4) is 0 Å². The van der Waals surface area contributed by atoms with Crippen LogP contribution >= 0.6 is 0 Å². The monoisotopic (exact) mass is 268 g/mol. The average molecular weight is 268 g/mol. The molecule has 2 rings (SSSR count). The molecule has 1 heterocycles. The van der Waals surface area contributed by atoms with E-state index in [2.05, 4.69) is 11.3 Å². The minimum Gasteiger partial charge on any atom is -0.473 e. The zero-order valence-electron chi connectivity index (χ0n) is 11.1. The molecule has 6 heteroatoms. The molecule has 103 valence electrons. The molecule has 1 aromatic carbocycles. The van der Waals surface area contributed by atoms with E-state index in [-0.39, 0.29) is 6.23 Å². The molecule has 19 heavy (non-hydrogen) atoms. The molecule has 0 fully saturated rings. The lowest BCUT2D eigenvalue weighted by atomic mass is 10.3. The molecule has 0 bridgehead atoms. The Morgan fingerprint density at radius 2 is 2.16 bits per heavy atom. The summed E-state index contributed by atoms with van der Waals surface area (Å²) in [6, 6.07) is 4.98. The lowest BCUT2D eigenvalue weighted by Gasteiger charge is -2.24. The Morgan fingerprint density at radius 1 is 1.42 bits per heavy atom. The number of nitrogens with zero attached hydrogens (tertiary/aromatic N) is 3. The largest absolute Gasteiger partial charge is 0.473 e. The van der Waals surface area contributed by atoms with Gasteiger partial charge in [-0.3, -0.25) is 9.47 Å². The first-order valence-corrected chi connectivity index (χ1v) is 6.04. The summed E-state index contributed by atoms with van der Waals surface area (Å²) >= 11 is 0. The van der Waals surface area contributed by atoms with E-state index < -0.39 is 6.55 Å². The first-order valence-electron chi connectivity index (χ1n) is 6.04. The van der Waals surface area contributed by atoms with Gasteiger partial charge in [-0.2, -0.15) is 8.78 Å². The zero-order valence-corrected chi connectivity index (χ0v) is 11.1. The van der Waals surface area contributed by atoms with Crippen molar-refractivity contribution >= 4 is 11.0 Å². The predicted molar refractivity (Wildman–Crippen MR) is 68.2 cm³/mol. The molecule has 1 aromatic heterocycles. The summed E-state index contributed by atoms with van der Waals surface area (Å²) in [4.78, 5) is 5.82. The molecular weight excluding hydrogens is 252 g/mol. The van der Waals surface area contributed by atoms with Gasteiger partial charge in [0.05, 0.1) is 5.52 Å². The van der Waals surface area contributed by atoms with Crippen LogP contribution in [0.1, 0.15) is 19.9 Å². The van der Waals surface area contributed by atoms with E-state index in [9.17, 15) is 8.78 Å². The highest BCUT2D eigenvalue weighted by Gasteiger charge is 2.17. The van der Waals surface area contributed by atoms with Gasteiger partial charge >= 0.3 is 6.55 Å². The number of imidazole rings is 1. The second-order valence-corrected chi connectivity index (χ2v) is 4.43. The van der Waals surface area contributed by atoms with Gasteiger partial charge in [0.15, 0.2) is 12.6 Å². The number of ether oxygens (including phenoxy) is 1. The molecular formula is C13H16F2N3O. The molecule has 4 nitrogen and oxygen atoms in total. The van der Waals surface area contributed by atoms with E-state index in [4.69, 9.17) is 4.74 Å². The molecule has 0 aliphatic rings. The van der Waals surface area contributed by atoms with E-state index in [0.29, 0.717) is 21.4 Å². The standard InChI is InChI=1S/C13H16F2N3O/c1-4-11(17(2)3)19-10-7-5-6-9-12(10)16-8-18(9)13(14)15/h5-7,11,13H,4H2,1-3H3. The van der Waals surface area contributed by atoms with Crippen molar-refractivity contribution < 1.29 is 13.5 Å². The third kappa shape index (κ3) is 2.68. The van der Waals surface area contributed by atoms with Crippen molar-refractivity contribution in [3.8, 4) is 5.75 Å². The highest BCUT2D eigenvalue weighted by Crippen LogP contribution is 2.28. The van der Waals surface area contributed by atoms with Crippen LogP contribution < -0.4 is 4.74 Å². The normalized spacial score (nSPS) is 13.4. The van der Waals surface area contributed by atoms with Gasteiger partial charge in [0.25, 0.3) is 0 Å². The Kier molecular flexibility index (Phi) is 3.99. The van der Waals surface area contributed by atoms with Gasteiger partial charge in [-0.05, 0) is 32.6 Å². The summed E-state index contributed by atoms with van der Waals surface area (Å²) in [5.74, 6) is 0.494. The smallest absolute Gasteiger partial charge is 0.320 e. The molecule has 2 aromatic rings. The van der Waals surface area contributed by atoms with E-state index in [1.54, 1.807) is 18.2 Å². The van der Waals surface area contributed by atoms with Gasteiger partial charge in [-0.15, -0.1) is 0 Å². The molecule has 0 aliphatic heterocycles. The molecule has 0 N–H and O–H groups in total. The molecule has 0 saturated carbocycles. The van der Waals surface area contributed by atoms with E-state index in [1.165, 1.54) is 0 Å². The van der Waals surface area contributed by atoms with Gasteiger partial charge in [0.1, 0.15) is 11.3 Å². The van der Waals surface area contributed by atoms with Crippen molar-refractivity contribution in [2.24, 2.45) is 0 Å². The number of hydrogen-bond donors (Lipinski definition) is 0. The first-order chi connectivity index (χ1) is 9.04. The van der Waals surface area contributed by atoms with E-state index >= 15 is 0 Å². The maximum atomic E-state index is 12.8. The molecule has 0 amide bonds. The van der Waals surface area contributed by atoms with Crippen molar-refractivity contribution in [3.63, 3.8) is 0 Å². The summed E-state index contributed by atoms with van der Waals surface area (Å²) in [6.45, 7) is -0.662. The number of aromatic nitrogens is 2. The summed E-state index contributed by atoms with van der Waals surface area (Å²) in [7, 11) is 3.80. The summed E-state index contributed by atoms with van der Waals surface area (Å²) in [5, 5.41) is 0. The van der Waals surface area contributed by atoms with Crippen molar-refractivity contribution in [1.82, 2.24) is 14.5 Å². The number of para-hydroxylation sites is 1. The maximum Gasteiger partial charge on any atom is 0.320 e.